The van der Waals surface area contributed by atoms with Crippen LogP contribution in [0.2, 0.25) is 0 Å². The molecule has 1 aromatic rings. The van der Waals surface area contributed by atoms with Gasteiger partial charge >= 0.3 is 21.1 Å². The molecule has 0 spiro atoms. The smallest absolute Gasteiger partial charge is 0.374 e. The van der Waals surface area contributed by atoms with Crippen molar-refractivity contribution in [2.45, 2.75) is 109 Å². The number of nitrogens with one attached hydrogen (secondary N) is 1. The molecule has 5 atom stereocenters. The third kappa shape index (κ3) is 12.6. The largest absolute Gasteiger partial charge is 0.488 e. The van der Waals surface area contributed by atoms with Crippen molar-refractivity contribution < 1.29 is 32.1 Å². The van der Waals surface area contributed by atoms with Gasteiger partial charge < -0.3 is 18.5 Å². The number of aromatic amines is 1. The summed E-state index contributed by atoms with van der Waals surface area (Å²) in [6, 6.07) is 7.39. The van der Waals surface area contributed by atoms with Gasteiger partial charge in [-0.2, -0.15) is 29.4 Å². The molecule has 0 aliphatic carbocycles. The Kier molecular flexibility index (Phi) is 16.6. The van der Waals surface area contributed by atoms with Crippen LogP contribution in [0.5, 0.6) is 0 Å². The lowest BCUT2D eigenvalue weighted by Crippen LogP contribution is -2.41. The Bertz CT molecular complexity index is 1340. The molecule has 1 N–H and O–H groups in total. The van der Waals surface area contributed by atoms with Crippen molar-refractivity contribution in [2.24, 2.45) is 0 Å². The lowest BCUT2D eigenvalue weighted by molar-refractivity contribution is -0.0657. The number of ether oxygens (including phenoxy) is 2. The minimum absolute atomic E-state index is 0.0268. The molecule has 1 aromatic heterocycles. The highest BCUT2D eigenvalue weighted by Gasteiger charge is 2.54. The molecule has 258 valence electrons. The Balaban J connectivity index is 2.56. The first-order valence-electron chi connectivity index (χ1n) is 15.4. The summed E-state index contributed by atoms with van der Waals surface area (Å²) in [6.45, 7) is 11.9. The lowest BCUT2D eigenvalue weighted by Gasteiger charge is -2.35. The molecule has 2 rings (SSSR count). The summed E-state index contributed by atoms with van der Waals surface area (Å²) in [5.74, 6) is 0. The second-order valence-electron chi connectivity index (χ2n) is 12.0. The normalized spacial score (nSPS) is 20.9. The fourth-order valence-corrected chi connectivity index (χ4v) is 8.50. The maximum Gasteiger partial charge on any atom is 0.488 e. The van der Waals surface area contributed by atoms with Gasteiger partial charge in [0, 0.05) is 32.5 Å². The summed E-state index contributed by atoms with van der Waals surface area (Å²) < 4.78 is 46.7. The summed E-state index contributed by atoms with van der Waals surface area (Å²) in [5.41, 5.74) is -3.45. The molecule has 18 heteroatoms. The number of nitrogens with zero attached hydrogens (tertiary/aromatic N) is 5. The standard InChI is InChI=1S/C29H46BN6O9P2/c1-8-17-35(18-9-2)46(40-20-10-14-31)43-24-22(42-26(25(24)39-7)36-19-11-23(37)34-27(36)38)21-41-47(30,44-28(3,4)12-15-32)45-29(5,6)13-16-33/h11,19,22,24-26H,8-10,12-13,17-18,20-21H2,1-7H3,(H,34,37,38)/q+1/t22-,24?,25+,26-,46?/m1/s1. The summed E-state index contributed by atoms with van der Waals surface area (Å²) in [7, 11) is 2.60. The van der Waals surface area contributed by atoms with Gasteiger partial charge in [0.25, 0.3) is 14.1 Å². The number of H-pyrrole nitrogens is 1. The average Bonchev–Trinajstić information content (AvgIpc) is 3.31. The van der Waals surface area contributed by atoms with Crippen molar-refractivity contribution in [1.82, 2.24) is 14.2 Å². The number of methoxy groups -OCH3 is 1. The first-order valence-corrected chi connectivity index (χ1v) is 18.1. The molecule has 2 radical (unpaired) electrons. The van der Waals surface area contributed by atoms with Crippen LogP contribution in [0.15, 0.2) is 21.9 Å². The van der Waals surface area contributed by atoms with Gasteiger partial charge in [0.05, 0.1) is 44.1 Å². The van der Waals surface area contributed by atoms with Gasteiger partial charge in [0.2, 0.25) is 0 Å². The Morgan fingerprint density at radius 3 is 2.13 bits per heavy atom. The van der Waals surface area contributed by atoms with Crippen LogP contribution >= 0.6 is 16.3 Å². The van der Waals surface area contributed by atoms with Crippen molar-refractivity contribution in [3.05, 3.63) is 33.1 Å². The van der Waals surface area contributed by atoms with Crippen LogP contribution in [0.4, 0.5) is 0 Å². The summed E-state index contributed by atoms with van der Waals surface area (Å²) >= 11 is 0. The Labute approximate surface area is 279 Å². The molecule has 0 amide bonds. The zero-order valence-corrected chi connectivity index (χ0v) is 30.0. The second-order valence-corrected chi connectivity index (χ2v) is 15.2. The summed E-state index contributed by atoms with van der Waals surface area (Å²) in [4.78, 5) is 26.9. The van der Waals surface area contributed by atoms with E-state index >= 15 is 0 Å². The van der Waals surface area contributed by atoms with E-state index in [0.29, 0.717) is 13.1 Å². The topological polar surface area (TPSA) is 194 Å². The molecule has 0 bridgehead atoms. The van der Waals surface area contributed by atoms with Crippen molar-refractivity contribution in [3.8, 4) is 18.2 Å². The van der Waals surface area contributed by atoms with Crippen molar-refractivity contribution in [3.63, 3.8) is 0 Å². The van der Waals surface area contributed by atoms with E-state index in [2.05, 4.69) is 27.9 Å². The molecule has 15 nitrogen and oxygen atoms in total. The molecule has 0 saturated carbocycles. The van der Waals surface area contributed by atoms with E-state index in [1.165, 1.54) is 23.9 Å². The zero-order chi connectivity index (χ0) is 35.3. The third-order valence-electron chi connectivity index (χ3n) is 6.68. The van der Waals surface area contributed by atoms with Crippen LogP contribution in [-0.4, -0.2) is 84.7 Å². The fourth-order valence-electron chi connectivity index (χ4n) is 4.70. The Hall–Kier alpha value is -2.25. The first kappa shape index (κ1) is 40.9. The van der Waals surface area contributed by atoms with Crippen molar-refractivity contribution >= 4 is 23.9 Å². The maximum absolute atomic E-state index is 12.9. The molecular formula is C29H46BN6O9P2+. The van der Waals surface area contributed by atoms with E-state index in [9.17, 15) is 20.1 Å². The predicted octanol–water partition coefficient (Wildman–Crippen LogP) is 4.39. The number of aromatic nitrogens is 2. The van der Waals surface area contributed by atoms with Gasteiger partial charge in [0.1, 0.15) is 36.1 Å². The van der Waals surface area contributed by atoms with Crippen molar-refractivity contribution in [1.29, 1.82) is 15.8 Å². The SMILES string of the molecule is [B][P+](OC[C@H]1O[C@@H](n2ccc(=O)[nH]c2=O)[C@@H](OC)C1OP(OCCC#N)N(CCC)CCC)(OC(C)(C)CC#N)OC(C)(C)CC#N. The van der Waals surface area contributed by atoms with Gasteiger partial charge in [0.15, 0.2) is 6.23 Å². The molecule has 0 aromatic carbocycles. The van der Waals surface area contributed by atoms with Crippen LogP contribution in [-0.2, 0) is 32.1 Å². The molecule has 2 heterocycles. The number of hydrogen-bond donors (Lipinski definition) is 1. The van der Waals surface area contributed by atoms with Gasteiger partial charge in [-0.25, -0.2) is 9.46 Å². The quantitative estimate of drug-likeness (QED) is 0.108. The van der Waals surface area contributed by atoms with Gasteiger partial charge in [-0.3, -0.25) is 14.3 Å². The average molecular weight is 695 g/mol. The third-order valence-corrected chi connectivity index (χ3v) is 10.4. The highest BCUT2D eigenvalue weighted by molar-refractivity contribution is 7.85. The molecule has 1 saturated heterocycles. The molecular weight excluding hydrogens is 649 g/mol. The van der Waals surface area contributed by atoms with Crippen LogP contribution in [0.3, 0.4) is 0 Å². The molecule has 1 fully saturated rings. The van der Waals surface area contributed by atoms with E-state index in [1.54, 1.807) is 27.7 Å². The van der Waals surface area contributed by atoms with Gasteiger partial charge in [-0.1, -0.05) is 13.8 Å². The monoisotopic (exact) mass is 695 g/mol. The predicted molar refractivity (Wildman–Crippen MR) is 176 cm³/mol. The first-order chi connectivity index (χ1) is 22.2. The minimum Gasteiger partial charge on any atom is -0.374 e. The molecule has 1 aliphatic rings. The lowest BCUT2D eigenvalue weighted by atomic mass is 10.1. The number of nitriles is 3. The van der Waals surface area contributed by atoms with E-state index in [-0.39, 0.29) is 32.5 Å². The zero-order valence-electron chi connectivity index (χ0n) is 28.2. The van der Waals surface area contributed by atoms with Crippen LogP contribution < -0.4 is 11.2 Å². The van der Waals surface area contributed by atoms with E-state index in [4.69, 9.17) is 44.9 Å². The Morgan fingerprint density at radius 2 is 1.64 bits per heavy atom. The molecule has 47 heavy (non-hydrogen) atoms. The van der Waals surface area contributed by atoms with Crippen molar-refractivity contribution in [2.75, 3.05) is 33.4 Å². The maximum atomic E-state index is 12.9. The highest BCUT2D eigenvalue weighted by atomic mass is 31.2. The molecule has 2 unspecified atom stereocenters. The van der Waals surface area contributed by atoms with Crippen LogP contribution in [0, 0.1) is 34.0 Å². The Morgan fingerprint density at radius 1 is 1.04 bits per heavy atom. The van der Waals surface area contributed by atoms with E-state index in [1.807, 2.05) is 13.8 Å². The van der Waals surface area contributed by atoms with E-state index < -0.39 is 63.3 Å². The van der Waals surface area contributed by atoms with Gasteiger partial charge in [-0.05, 0) is 40.5 Å². The van der Waals surface area contributed by atoms with Crippen LogP contribution in [0.1, 0.15) is 79.9 Å². The van der Waals surface area contributed by atoms with E-state index in [0.717, 1.165) is 12.8 Å². The second kappa shape index (κ2) is 19.1. The van der Waals surface area contributed by atoms with Gasteiger partial charge in [-0.15, -0.1) is 0 Å². The number of hydrogen-bond acceptors (Lipinski definition) is 13. The van der Waals surface area contributed by atoms with Crippen LogP contribution in [0.25, 0.3) is 0 Å². The summed E-state index contributed by atoms with van der Waals surface area (Å²) in [5, 5.41) is 27.9. The minimum atomic E-state index is -3.75. The highest BCUT2D eigenvalue weighted by Crippen LogP contribution is 2.63. The summed E-state index contributed by atoms with van der Waals surface area (Å²) in [6.07, 6.45) is -0.821. The number of rotatable bonds is 21. The molecule has 1 aliphatic heterocycles. The fraction of sp³-hybridized carbons (Fsp3) is 0.759.